The molecule has 3 heterocycles. The van der Waals surface area contributed by atoms with Crippen molar-refractivity contribution in [2.75, 3.05) is 0 Å². The van der Waals surface area contributed by atoms with Crippen LogP contribution in [-0.2, 0) is 5.41 Å². The Morgan fingerprint density at radius 3 is 1.91 bits per heavy atom. The normalized spacial score (nSPS) is 12.0. The van der Waals surface area contributed by atoms with Crippen molar-refractivity contribution >= 4 is 48.6 Å². The molecule has 9 rings (SSSR count). The number of fused-ring (bicyclic) bond motifs is 4. The highest BCUT2D eigenvalue weighted by Gasteiger charge is 2.24. The second kappa shape index (κ2) is 14.1. The molecule has 0 atom stereocenters. The fraction of sp³-hybridized carbons (Fsp3) is 0.0784. The van der Waals surface area contributed by atoms with Crippen LogP contribution < -0.4 is 0 Å². The number of nitrogens with zero attached hydrogens (tertiary/aromatic N) is 4. The first-order chi connectivity index (χ1) is 27.3. The second-order valence-electron chi connectivity index (χ2n) is 15.0. The Kier molecular flexibility index (Phi) is 8.77. The van der Waals surface area contributed by atoms with Gasteiger partial charge in [-0.3, -0.25) is 0 Å². The van der Waals surface area contributed by atoms with E-state index in [-0.39, 0.29) is 5.41 Å². The molecule has 0 radical (unpaired) electrons. The van der Waals surface area contributed by atoms with Crippen LogP contribution in [0.2, 0.25) is 0 Å². The van der Waals surface area contributed by atoms with Gasteiger partial charge >= 0.3 is 0 Å². The molecule has 3 aromatic heterocycles. The average molecular weight is 739 g/mol. The third-order valence-electron chi connectivity index (χ3n) is 10.4. The molecule has 0 unspecified atom stereocenters. The van der Waals surface area contributed by atoms with Crippen LogP contribution >= 0.6 is 11.3 Å². The summed E-state index contributed by atoms with van der Waals surface area (Å²) < 4.78 is 4.55. The molecule has 0 aliphatic carbocycles. The van der Waals surface area contributed by atoms with E-state index < -0.39 is 0 Å². The molecule has 56 heavy (non-hydrogen) atoms. The van der Waals surface area contributed by atoms with Crippen molar-refractivity contribution in [3.05, 3.63) is 193 Å². The van der Waals surface area contributed by atoms with Crippen molar-refractivity contribution in [1.29, 1.82) is 0 Å². The van der Waals surface area contributed by atoms with Crippen molar-refractivity contribution < 1.29 is 0 Å². The van der Waals surface area contributed by atoms with Crippen molar-refractivity contribution in [1.82, 2.24) is 14.5 Å². The number of aromatic nitrogens is 3. The number of thiophene rings is 1. The number of hydrogen-bond donors (Lipinski definition) is 0. The van der Waals surface area contributed by atoms with Gasteiger partial charge in [0, 0.05) is 43.9 Å². The van der Waals surface area contributed by atoms with E-state index >= 15 is 0 Å². The zero-order valence-electron chi connectivity index (χ0n) is 31.5. The molecule has 6 aromatic carbocycles. The summed E-state index contributed by atoms with van der Waals surface area (Å²) >= 11 is 1.74. The molecule has 0 fully saturated rings. The van der Waals surface area contributed by atoms with Crippen LogP contribution in [0.25, 0.3) is 92.7 Å². The highest BCUT2D eigenvalue weighted by Crippen LogP contribution is 2.45. The summed E-state index contributed by atoms with van der Waals surface area (Å²) in [5.41, 5.74) is 12.9. The molecule has 0 bridgehead atoms. The van der Waals surface area contributed by atoms with Gasteiger partial charge in [0.25, 0.3) is 0 Å². The number of hydrogen-bond acceptors (Lipinski definition) is 3. The van der Waals surface area contributed by atoms with Crippen molar-refractivity contribution in [3.8, 4) is 50.6 Å². The maximum atomic E-state index is 7.86. The first kappa shape index (κ1) is 34.9. The Bertz CT molecular complexity index is 2950. The molecule has 0 N–H and O–H groups in total. The highest BCUT2D eigenvalue weighted by molar-refractivity contribution is 7.26. The largest absolute Gasteiger partial charge is 0.315 e. The van der Waals surface area contributed by atoms with Gasteiger partial charge in [-0.05, 0) is 64.1 Å². The van der Waals surface area contributed by atoms with Crippen LogP contribution in [0.5, 0.6) is 0 Å². The van der Waals surface area contributed by atoms with Crippen LogP contribution in [0.3, 0.4) is 0 Å². The summed E-state index contributed by atoms with van der Waals surface area (Å²) in [7, 11) is 0. The Morgan fingerprint density at radius 1 is 0.696 bits per heavy atom. The second-order valence-corrected chi connectivity index (χ2v) is 16.1. The number of rotatable bonds is 7. The lowest BCUT2D eigenvalue weighted by Crippen LogP contribution is -2.10. The molecule has 0 aliphatic rings. The quantitative estimate of drug-likeness (QED) is 0.121. The van der Waals surface area contributed by atoms with E-state index in [1.54, 1.807) is 17.4 Å². The maximum absolute atomic E-state index is 7.86. The molecular weight excluding hydrogens is 701 g/mol. The van der Waals surface area contributed by atoms with E-state index in [1.807, 2.05) is 24.3 Å². The summed E-state index contributed by atoms with van der Waals surface area (Å²) in [4.78, 5) is 14.4. The molecule has 0 amide bonds. The first-order valence-electron chi connectivity index (χ1n) is 18.7. The van der Waals surface area contributed by atoms with Crippen LogP contribution in [0.15, 0.2) is 170 Å². The van der Waals surface area contributed by atoms with E-state index in [2.05, 4.69) is 170 Å². The molecule has 0 saturated heterocycles. The van der Waals surface area contributed by atoms with Gasteiger partial charge in [0.05, 0.1) is 33.7 Å². The third kappa shape index (κ3) is 6.21. The minimum absolute atomic E-state index is 0.0571. The van der Waals surface area contributed by atoms with E-state index in [0.717, 1.165) is 76.8 Å². The third-order valence-corrected chi connectivity index (χ3v) is 11.6. The molecule has 0 saturated carbocycles. The SMILES string of the molecule is [C-]#[N+]/C(C=C)=C/c1cn(-c2c(-c3ccccc3)cc(-c3nc(-c4ccccc4)nc4c3sc3ccccc34)cc2-c2ccccc2)c2ccc(C(C)(C)C)cc12. The van der Waals surface area contributed by atoms with Gasteiger partial charge in [0.2, 0.25) is 0 Å². The Labute approximate surface area is 331 Å². The smallest absolute Gasteiger partial charge is 0.187 e. The maximum Gasteiger partial charge on any atom is 0.187 e. The minimum Gasteiger partial charge on any atom is -0.315 e. The van der Waals surface area contributed by atoms with E-state index in [1.165, 1.54) is 10.3 Å². The first-order valence-corrected chi connectivity index (χ1v) is 19.5. The predicted octanol–water partition coefficient (Wildman–Crippen LogP) is 14.2. The van der Waals surface area contributed by atoms with Crippen molar-refractivity contribution in [2.24, 2.45) is 0 Å². The number of benzene rings is 6. The fourth-order valence-corrected chi connectivity index (χ4v) is 8.68. The standard InChI is InChI=1S/C51H38N4S/c1-6-39(52-5)28-37-32-55(44-27-26-38(31-41(37)44)51(2,3)4)48-42(33-18-10-7-11-19-33)29-36(30-43(48)34-20-12-8-13-21-34)46-49-47(40-24-16-17-25-45(40)56-49)54-50(53-46)35-22-14-9-15-23-35/h6-32H,1H2,2-4H3/b39-28+. The minimum atomic E-state index is -0.0571. The van der Waals surface area contributed by atoms with Crippen LogP contribution in [0.4, 0.5) is 0 Å². The lowest BCUT2D eigenvalue weighted by molar-refractivity contribution is 0.591. The fourth-order valence-electron chi connectivity index (χ4n) is 7.53. The Hall–Kier alpha value is -6.87. The summed E-state index contributed by atoms with van der Waals surface area (Å²) in [6.07, 6.45) is 5.76. The Morgan fingerprint density at radius 2 is 1.30 bits per heavy atom. The molecule has 4 nitrogen and oxygen atoms in total. The Balaban J connectivity index is 1.42. The van der Waals surface area contributed by atoms with Gasteiger partial charge in [-0.1, -0.05) is 142 Å². The van der Waals surface area contributed by atoms with Gasteiger partial charge in [0.1, 0.15) is 0 Å². The zero-order valence-corrected chi connectivity index (χ0v) is 32.3. The molecule has 9 aromatic rings. The van der Waals surface area contributed by atoms with E-state index in [9.17, 15) is 0 Å². The summed E-state index contributed by atoms with van der Waals surface area (Å²) in [6.45, 7) is 18.5. The van der Waals surface area contributed by atoms with Gasteiger partial charge in [-0.25, -0.2) is 14.8 Å². The van der Waals surface area contributed by atoms with Gasteiger partial charge in [-0.15, -0.1) is 17.9 Å². The van der Waals surface area contributed by atoms with Gasteiger partial charge < -0.3 is 4.57 Å². The van der Waals surface area contributed by atoms with Crippen LogP contribution in [-0.4, -0.2) is 14.5 Å². The van der Waals surface area contributed by atoms with Crippen molar-refractivity contribution in [2.45, 2.75) is 26.2 Å². The monoisotopic (exact) mass is 738 g/mol. The molecule has 5 heteroatoms. The lowest BCUT2D eigenvalue weighted by atomic mass is 9.86. The zero-order chi connectivity index (χ0) is 38.4. The van der Waals surface area contributed by atoms with Gasteiger partial charge in [0.15, 0.2) is 11.5 Å². The summed E-state index contributed by atoms with van der Waals surface area (Å²) in [6, 6.07) is 51.3. The average Bonchev–Trinajstić information content (AvgIpc) is 3.80. The van der Waals surface area contributed by atoms with Crippen molar-refractivity contribution in [3.63, 3.8) is 0 Å². The summed E-state index contributed by atoms with van der Waals surface area (Å²) in [5, 5.41) is 2.21. The van der Waals surface area contributed by atoms with E-state index in [0.29, 0.717) is 11.5 Å². The van der Waals surface area contributed by atoms with Crippen LogP contribution in [0.1, 0.15) is 31.9 Å². The van der Waals surface area contributed by atoms with Gasteiger partial charge in [-0.2, -0.15) is 0 Å². The summed E-state index contributed by atoms with van der Waals surface area (Å²) in [5.74, 6) is 0.698. The molecule has 0 spiro atoms. The molecule has 268 valence electrons. The predicted molar refractivity (Wildman–Crippen MR) is 237 cm³/mol. The van der Waals surface area contributed by atoms with Crippen LogP contribution in [0, 0.1) is 6.57 Å². The highest BCUT2D eigenvalue weighted by atomic mass is 32.1. The van der Waals surface area contributed by atoms with E-state index in [4.69, 9.17) is 16.5 Å². The molecule has 0 aliphatic heterocycles. The topological polar surface area (TPSA) is 35.1 Å². The lowest BCUT2D eigenvalue weighted by Gasteiger charge is -2.21. The molecular formula is C51H38N4S. The number of allylic oxidation sites excluding steroid dienone is 1.